The zero-order chi connectivity index (χ0) is 20.3. The van der Waals surface area contributed by atoms with Crippen molar-refractivity contribution in [3.8, 4) is 0 Å². The second-order valence-corrected chi connectivity index (χ2v) is 7.70. The lowest BCUT2D eigenvalue weighted by Crippen LogP contribution is -2.16. The van der Waals surface area contributed by atoms with Crippen LogP contribution in [0, 0.1) is 19.8 Å². The van der Waals surface area contributed by atoms with Crippen molar-refractivity contribution in [2.75, 3.05) is 18.5 Å². The van der Waals surface area contributed by atoms with Gasteiger partial charge in [-0.3, -0.25) is 4.79 Å². The standard InChI is InChI=1S/C22H30N4O2/c1-15(2)9-11-25-16(3)13-18(17(25)4)21(28)14-26-20-8-6-5-7-19(20)24-22(26)23-10-12-27/h5-8,13,15,27H,9-12,14H2,1-4H3,(H,23,24). The molecule has 0 amide bonds. The first-order valence-corrected chi connectivity index (χ1v) is 9.92. The van der Waals surface area contributed by atoms with Crippen molar-refractivity contribution in [1.29, 1.82) is 0 Å². The van der Waals surface area contributed by atoms with Crippen molar-refractivity contribution in [2.45, 2.75) is 47.2 Å². The minimum absolute atomic E-state index is 0.00809. The third kappa shape index (κ3) is 4.12. The average molecular weight is 383 g/mol. The topological polar surface area (TPSA) is 72.1 Å². The van der Waals surface area contributed by atoms with Crippen LogP contribution in [0.3, 0.4) is 0 Å². The van der Waals surface area contributed by atoms with Gasteiger partial charge in [-0.1, -0.05) is 26.0 Å². The average Bonchev–Trinajstić information content (AvgIpc) is 3.15. The van der Waals surface area contributed by atoms with E-state index in [9.17, 15) is 4.79 Å². The molecular weight excluding hydrogens is 352 g/mol. The number of aryl methyl sites for hydroxylation is 1. The first kappa shape index (κ1) is 20.1. The lowest BCUT2D eigenvalue weighted by Gasteiger charge is -2.12. The molecule has 3 aromatic rings. The van der Waals surface area contributed by atoms with Crippen LogP contribution in [-0.2, 0) is 13.1 Å². The Labute approximate surface area is 166 Å². The highest BCUT2D eigenvalue weighted by Crippen LogP contribution is 2.22. The van der Waals surface area contributed by atoms with Gasteiger partial charge in [-0.2, -0.15) is 0 Å². The van der Waals surface area contributed by atoms with Gasteiger partial charge in [0.25, 0.3) is 0 Å². The summed E-state index contributed by atoms with van der Waals surface area (Å²) in [6, 6.07) is 9.76. The summed E-state index contributed by atoms with van der Waals surface area (Å²) in [6.07, 6.45) is 1.09. The van der Waals surface area contributed by atoms with E-state index in [1.54, 1.807) is 0 Å². The Balaban J connectivity index is 1.90. The number of para-hydroxylation sites is 2. The Kier molecular flexibility index (Phi) is 6.19. The molecule has 2 N–H and O–H groups in total. The normalized spacial score (nSPS) is 11.5. The van der Waals surface area contributed by atoms with Crippen molar-refractivity contribution in [1.82, 2.24) is 14.1 Å². The maximum Gasteiger partial charge on any atom is 0.204 e. The molecule has 2 aromatic heterocycles. The zero-order valence-electron chi connectivity index (χ0n) is 17.2. The number of carbonyl (C=O) groups is 1. The molecule has 0 saturated carbocycles. The maximum atomic E-state index is 13.2. The Hall–Kier alpha value is -2.60. The van der Waals surface area contributed by atoms with Gasteiger partial charge < -0.3 is 19.6 Å². The number of nitrogens with one attached hydrogen (secondary N) is 1. The van der Waals surface area contributed by atoms with Crippen LogP contribution in [0.5, 0.6) is 0 Å². The number of hydrogen-bond acceptors (Lipinski definition) is 4. The molecule has 0 unspecified atom stereocenters. The number of anilines is 1. The van der Waals surface area contributed by atoms with E-state index in [0.29, 0.717) is 18.4 Å². The van der Waals surface area contributed by atoms with E-state index in [2.05, 4.69) is 35.6 Å². The van der Waals surface area contributed by atoms with Crippen LogP contribution in [0.2, 0.25) is 0 Å². The Morgan fingerprint density at radius 2 is 1.96 bits per heavy atom. The lowest BCUT2D eigenvalue weighted by molar-refractivity contribution is 0.0973. The smallest absolute Gasteiger partial charge is 0.204 e. The van der Waals surface area contributed by atoms with Crippen LogP contribution in [0.1, 0.15) is 42.0 Å². The SMILES string of the molecule is Cc1cc(C(=O)Cn2c(NCCO)nc3ccccc32)c(C)n1CCC(C)C. The summed E-state index contributed by atoms with van der Waals surface area (Å²) in [6.45, 7) is 10.1. The van der Waals surface area contributed by atoms with E-state index < -0.39 is 0 Å². The molecule has 150 valence electrons. The Morgan fingerprint density at radius 1 is 1.21 bits per heavy atom. The number of hydrogen-bond donors (Lipinski definition) is 2. The van der Waals surface area contributed by atoms with Gasteiger partial charge in [0.05, 0.1) is 24.2 Å². The number of Topliss-reactive ketones (excluding diaryl/α,β-unsaturated/α-hetero) is 1. The van der Waals surface area contributed by atoms with Gasteiger partial charge >= 0.3 is 0 Å². The summed E-state index contributed by atoms with van der Waals surface area (Å²) in [5.74, 6) is 1.30. The number of aliphatic hydroxyl groups is 1. The Morgan fingerprint density at radius 3 is 2.68 bits per heavy atom. The summed E-state index contributed by atoms with van der Waals surface area (Å²) >= 11 is 0. The summed E-state index contributed by atoms with van der Waals surface area (Å²) < 4.78 is 4.14. The number of benzene rings is 1. The summed E-state index contributed by atoms with van der Waals surface area (Å²) in [5, 5.41) is 12.3. The number of rotatable bonds is 9. The van der Waals surface area contributed by atoms with Gasteiger partial charge in [0.1, 0.15) is 0 Å². The molecule has 2 heterocycles. The molecule has 0 radical (unpaired) electrons. The molecule has 0 aliphatic carbocycles. The zero-order valence-corrected chi connectivity index (χ0v) is 17.2. The van der Waals surface area contributed by atoms with Gasteiger partial charge in [0.2, 0.25) is 5.95 Å². The van der Waals surface area contributed by atoms with Gasteiger partial charge in [-0.05, 0) is 44.4 Å². The van der Waals surface area contributed by atoms with Crippen LogP contribution in [0.25, 0.3) is 11.0 Å². The molecule has 0 atom stereocenters. The fourth-order valence-electron chi connectivity index (χ4n) is 3.58. The molecule has 28 heavy (non-hydrogen) atoms. The van der Waals surface area contributed by atoms with E-state index in [1.807, 2.05) is 41.8 Å². The van der Waals surface area contributed by atoms with Crippen LogP contribution < -0.4 is 5.32 Å². The van der Waals surface area contributed by atoms with Crippen molar-refractivity contribution in [3.05, 3.63) is 47.3 Å². The maximum absolute atomic E-state index is 13.2. The molecule has 0 spiro atoms. The summed E-state index contributed by atoms with van der Waals surface area (Å²) in [4.78, 5) is 17.7. The molecule has 3 rings (SSSR count). The molecule has 0 aliphatic heterocycles. The van der Waals surface area contributed by atoms with E-state index in [4.69, 9.17) is 5.11 Å². The van der Waals surface area contributed by atoms with Crippen LogP contribution >= 0.6 is 0 Å². The van der Waals surface area contributed by atoms with E-state index in [1.165, 1.54) is 0 Å². The summed E-state index contributed by atoms with van der Waals surface area (Å²) in [5.41, 5.74) is 4.66. The molecule has 0 bridgehead atoms. The second kappa shape index (κ2) is 8.61. The predicted molar refractivity (Wildman–Crippen MR) is 113 cm³/mol. The molecule has 0 fully saturated rings. The molecular formula is C22H30N4O2. The highest BCUT2D eigenvalue weighted by molar-refractivity contribution is 5.98. The second-order valence-electron chi connectivity index (χ2n) is 7.70. The van der Waals surface area contributed by atoms with Crippen LogP contribution in [0.15, 0.2) is 30.3 Å². The highest BCUT2D eigenvalue weighted by atomic mass is 16.3. The minimum atomic E-state index is 0.00809. The van der Waals surface area contributed by atoms with Gasteiger partial charge in [0.15, 0.2) is 5.78 Å². The van der Waals surface area contributed by atoms with Gasteiger partial charge in [-0.25, -0.2) is 4.98 Å². The number of ketones is 1. The van der Waals surface area contributed by atoms with Gasteiger partial charge in [-0.15, -0.1) is 0 Å². The molecule has 6 nitrogen and oxygen atoms in total. The lowest BCUT2D eigenvalue weighted by atomic mass is 10.1. The van der Waals surface area contributed by atoms with Crippen molar-refractivity contribution in [2.24, 2.45) is 5.92 Å². The molecule has 0 aliphatic rings. The van der Waals surface area contributed by atoms with E-state index in [0.717, 1.165) is 41.0 Å². The first-order valence-electron chi connectivity index (χ1n) is 9.92. The number of nitrogens with zero attached hydrogens (tertiary/aromatic N) is 3. The van der Waals surface area contributed by atoms with Gasteiger partial charge in [0, 0.05) is 30.0 Å². The quantitative estimate of drug-likeness (QED) is 0.552. The Bertz CT molecular complexity index is 968. The van der Waals surface area contributed by atoms with E-state index in [-0.39, 0.29) is 18.9 Å². The number of carbonyl (C=O) groups excluding carboxylic acids is 1. The predicted octanol–water partition coefficient (Wildman–Crippen LogP) is 3.79. The minimum Gasteiger partial charge on any atom is -0.395 e. The third-order valence-corrected chi connectivity index (χ3v) is 5.16. The molecule has 6 heteroatoms. The van der Waals surface area contributed by atoms with Crippen molar-refractivity contribution < 1.29 is 9.90 Å². The summed E-state index contributed by atoms with van der Waals surface area (Å²) in [7, 11) is 0. The molecule has 1 aromatic carbocycles. The number of fused-ring (bicyclic) bond motifs is 1. The largest absolute Gasteiger partial charge is 0.395 e. The highest BCUT2D eigenvalue weighted by Gasteiger charge is 2.19. The first-order chi connectivity index (χ1) is 13.4. The van der Waals surface area contributed by atoms with Crippen molar-refractivity contribution >= 4 is 22.8 Å². The number of aromatic nitrogens is 3. The fourth-order valence-corrected chi connectivity index (χ4v) is 3.58. The van der Waals surface area contributed by atoms with E-state index >= 15 is 0 Å². The van der Waals surface area contributed by atoms with Crippen molar-refractivity contribution in [3.63, 3.8) is 0 Å². The molecule has 0 saturated heterocycles. The number of aliphatic hydroxyl groups excluding tert-OH is 1. The van der Waals surface area contributed by atoms with Crippen LogP contribution in [-0.4, -0.2) is 38.2 Å². The fraction of sp³-hybridized carbons (Fsp3) is 0.455. The number of imidazole rings is 1. The van der Waals surface area contributed by atoms with Crippen LogP contribution in [0.4, 0.5) is 5.95 Å². The third-order valence-electron chi connectivity index (χ3n) is 5.16. The monoisotopic (exact) mass is 382 g/mol.